The van der Waals surface area contributed by atoms with Gasteiger partial charge < -0.3 is 5.11 Å². The summed E-state index contributed by atoms with van der Waals surface area (Å²) in [4.78, 5) is 0. The normalized spacial score (nSPS) is 33.1. The zero-order valence-corrected chi connectivity index (χ0v) is 11.4. The standard InChI is InChI=1S/C15H16FNOS/c16-14-7-11(2-1-10(14)5-6-17)15(18)8-12-3-4-13(9-15)19-12/h1-2,7,12-13,18H,3-5,8-9H2. The van der Waals surface area contributed by atoms with Gasteiger partial charge in [-0.15, -0.1) is 0 Å². The smallest absolute Gasteiger partial charge is 0.127 e. The van der Waals surface area contributed by atoms with Gasteiger partial charge in [-0.05, 0) is 37.3 Å². The van der Waals surface area contributed by atoms with Crippen LogP contribution in [0.15, 0.2) is 18.2 Å². The lowest BCUT2D eigenvalue weighted by Gasteiger charge is -2.36. The number of halogens is 1. The van der Waals surface area contributed by atoms with Crippen molar-refractivity contribution in [2.45, 2.75) is 48.2 Å². The summed E-state index contributed by atoms with van der Waals surface area (Å²) >= 11 is 1.97. The Morgan fingerprint density at radius 2 is 2.05 bits per heavy atom. The van der Waals surface area contributed by atoms with Crippen LogP contribution < -0.4 is 0 Å². The van der Waals surface area contributed by atoms with Crippen molar-refractivity contribution in [2.75, 3.05) is 0 Å². The number of hydrogen-bond donors (Lipinski definition) is 1. The lowest BCUT2D eigenvalue weighted by molar-refractivity contribution is 0.0193. The summed E-state index contributed by atoms with van der Waals surface area (Å²) < 4.78 is 13.9. The molecule has 2 saturated heterocycles. The first-order valence-electron chi connectivity index (χ1n) is 6.64. The summed E-state index contributed by atoms with van der Waals surface area (Å²) in [6.07, 6.45) is 3.82. The van der Waals surface area contributed by atoms with Crippen molar-refractivity contribution >= 4 is 11.8 Å². The van der Waals surface area contributed by atoms with Crippen molar-refractivity contribution in [3.63, 3.8) is 0 Å². The molecule has 19 heavy (non-hydrogen) atoms. The third-order valence-electron chi connectivity index (χ3n) is 4.19. The van der Waals surface area contributed by atoms with Crippen LogP contribution in [0.3, 0.4) is 0 Å². The summed E-state index contributed by atoms with van der Waals surface area (Å²) in [5.41, 5.74) is 0.190. The Morgan fingerprint density at radius 3 is 2.63 bits per heavy atom. The lowest BCUT2D eigenvalue weighted by Crippen LogP contribution is -2.34. The highest BCUT2D eigenvalue weighted by Gasteiger charge is 2.44. The Labute approximate surface area is 116 Å². The number of rotatable bonds is 2. The maximum atomic E-state index is 13.9. The van der Waals surface area contributed by atoms with Crippen LogP contribution in [0.5, 0.6) is 0 Å². The van der Waals surface area contributed by atoms with Crippen molar-refractivity contribution in [1.29, 1.82) is 5.26 Å². The molecule has 3 rings (SSSR count). The van der Waals surface area contributed by atoms with E-state index < -0.39 is 5.60 Å². The van der Waals surface area contributed by atoms with Crippen LogP contribution in [0.2, 0.25) is 0 Å². The first-order valence-corrected chi connectivity index (χ1v) is 7.59. The fraction of sp³-hybridized carbons (Fsp3) is 0.533. The van der Waals surface area contributed by atoms with E-state index in [1.165, 1.54) is 6.07 Å². The van der Waals surface area contributed by atoms with Gasteiger partial charge in [-0.25, -0.2) is 4.39 Å². The maximum Gasteiger partial charge on any atom is 0.127 e. The average Bonchev–Trinajstić information content (AvgIpc) is 2.72. The Balaban J connectivity index is 1.89. The van der Waals surface area contributed by atoms with Crippen LogP contribution in [-0.2, 0) is 12.0 Å². The molecule has 4 heteroatoms. The summed E-state index contributed by atoms with van der Waals surface area (Å²) in [6, 6.07) is 6.79. The molecule has 100 valence electrons. The third kappa shape index (κ3) is 2.37. The van der Waals surface area contributed by atoms with E-state index in [2.05, 4.69) is 0 Å². The molecule has 0 amide bonds. The van der Waals surface area contributed by atoms with Gasteiger partial charge in [0.25, 0.3) is 0 Å². The van der Waals surface area contributed by atoms with Crippen LogP contribution in [-0.4, -0.2) is 15.6 Å². The number of fused-ring (bicyclic) bond motifs is 2. The molecule has 2 aliphatic rings. The number of nitrogens with zero attached hydrogens (tertiary/aromatic N) is 1. The summed E-state index contributed by atoms with van der Waals surface area (Å²) in [6.45, 7) is 0. The Morgan fingerprint density at radius 1 is 1.37 bits per heavy atom. The fourth-order valence-electron chi connectivity index (χ4n) is 3.22. The minimum absolute atomic E-state index is 0.0750. The first kappa shape index (κ1) is 13.0. The van der Waals surface area contributed by atoms with Gasteiger partial charge in [0.15, 0.2) is 0 Å². The van der Waals surface area contributed by atoms with Gasteiger partial charge in [0.1, 0.15) is 5.82 Å². The van der Waals surface area contributed by atoms with Gasteiger partial charge >= 0.3 is 0 Å². The quantitative estimate of drug-likeness (QED) is 0.903. The lowest BCUT2D eigenvalue weighted by atomic mass is 9.85. The van der Waals surface area contributed by atoms with E-state index in [0.717, 1.165) is 12.8 Å². The summed E-state index contributed by atoms with van der Waals surface area (Å²) in [5, 5.41) is 20.5. The first-order chi connectivity index (χ1) is 9.10. The molecule has 2 unspecified atom stereocenters. The molecular weight excluding hydrogens is 261 g/mol. The van der Waals surface area contributed by atoms with Crippen molar-refractivity contribution in [2.24, 2.45) is 0 Å². The van der Waals surface area contributed by atoms with E-state index in [9.17, 15) is 9.50 Å². The molecule has 2 atom stereocenters. The van der Waals surface area contributed by atoms with Crippen molar-refractivity contribution in [3.05, 3.63) is 35.1 Å². The zero-order valence-electron chi connectivity index (χ0n) is 10.6. The van der Waals surface area contributed by atoms with Gasteiger partial charge in [-0.1, -0.05) is 12.1 Å². The van der Waals surface area contributed by atoms with Crippen molar-refractivity contribution in [3.8, 4) is 6.07 Å². The van der Waals surface area contributed by atoms with Crippen LogP contribution in [0.25, 0.3) is 0 Å². The molecule has 2 fully saturated rings. The number of nitriles is 1. The van der Waals surface area contributed by atoms with E-state index >= 15 is 0 Å². The Kier molecular flexibility index (Phi) is 3.28. The highest BCUT2D eigenvalue weighted by Crippen LogP contribution is 2.51. The molecule has 2 bridgehead atoms. The molecule has 0 saturated carbocycles. The molecule has 1 aromatic carbocycles. The van der Waals surface area contributed by atoms with Crippen LogP contribution in [0.1, 0.15) is 36.8 Å². The molecule has 0 aromatic heterocycles. The highest BCUT2D eigenvalue weighted by molar-refractivity contribution is 8.00. The third-order valence-corrected chi connectivity index (χ3v) is 5.76. The zero-order chi connectivity index (χ0) is 13.5. The van der Waals surface area contributed by atoms with E-state index in [4.69, 9.17) is 5.26 Å². The molecule has 0 aliphatic carbocycles. The number of thioether (sulfide) groups is 1. The number of aliphatic hydroxyl groups is 1. The van der Waals surface area contributed by atoms with Crippen LogP contribution in [0.4, 0.5) is 4.39 Å². The minimum Gasteiger partial charge on any atom is -0.385 e. The molecule has 2 aliphatic heterocycles. The second-order valence-electron chi connectivity index (χ2n) is 5.54. The molecular formula is C15H16FNOS. The summed E-state index contributed by atoms with van der Waals surface area (Å²) in [7, 11) is 0. The highest BCUT2D eigenvalue weighted by atomic mass is 32.2. The molecule has 2 nitrogen and oxygen atoms in total. The van der Waals surface area contributed by atoms with Gasteiger partial charge in [-0.3, -0.25) is 0 Å². The Bertz CT molecular complexity index is 527. The van der Waals surface area contributed by atoms with Gasteiger partial charge in [0.2, 0.25) is 0 Å². The Hall–Kier alpha value is -1.05. The van der Waals surface area contributed by atoms with Gasteiger partial charge in [0.05, 0.1) is 18.1 Å². The minimum atomic E-state index is -0.886. The number of benzene rings is 1. The molecule has 1 N–H and O–H groups in total. The fourth-order valence-corrected chi connectivity index (χ4v) is 5.05. The van der Waals surface area contributed by atoms with Gasteiger partial charge in [0, 0.05) is 16.1 Å². The van der Waals surface area contributed by atoms with Crippen LogP contribution in [0, 0.1) is 17.1 Å². The second-order valence-corrected chi connectivity index (χ2v) is 7.14. The molecule has 2 heterocycles. The maximum absolute atomic E-state index is 13.9. The van der Waals surface area contributed by atoms with Gasteiger partial charge in [-0.2, -0.15) is 17.0 Å². The number of hydrogen-bond acceptors (Lipinski definition) is 3. The van der Waals surface area contributed by atoms with Crippen LogP contribution >= 0.6 is 11.8 Å². The SMILES string of the molecule is N#CCc1ccc(C2(O)CC3CCC(C2)S3)cc1F. The summed E-state index contributed by atoms with van der Waals surface area (Å²) in [5.74, 6) is -0.377. The van der Waals surface area contributed by atoms with E-state index in [1.807, 2.05) is 17.8 Å². The average molecular weight is 277 g/mol. The van der Waals surface area contributed by atoms with E-state index in [-0.39, 0.29) is 12.2 Å². The predicted molar refractivity (Wildman–Crippen MR) is 73.2 cm³/mol. The topological polar surface area (TPSA) is 44.0 Å². The monoisotopic (exact) mass is 277 g/mol. The molecule has 0 spiro atoms. The second kappa shape index (κ2) is 4.81. The van der Waals surface area contributed by atoms with Crippen molar-refractivity contribution in [1.82, 2.24) is 0 Å². The van der Waals surface area contributed by atoms with E-state index in [0.29, 0.717) is 34.5 Å². The largest absolute Gasteiger partial charge is 0.385 e. The molecule has 1 aromatic rings. The van der Waals surface area contributed by atoms with E-state index in [1.54, 1.807) is 12.1 Å². The predicted octanol–water partition coefficient (Wildman–Crippen LogP) is 3.14. The molecule has 0 radical (unpaired) electrons. The van der Waals surface area contributed by atoms with Crippen molar-refractivity contribution < 1.29 is 9.50 Å².